The van der Waals surface area contributed by atoms with E-state index >= 15 is 0 Å². The minimum Gasteiger partial charge on any atom is -0.388 e. The van der Waals surface area contributed by atoms with Crippen LogP contribution in [0.15, 0.2) is 42.5 Å². The van der Waals surface area contributed by atoms with Gasteiger partial charge in [-0.25, -0.2) is 0 Å². The van der Waals surface area contributed by atoms with Crippen LogP contribution in [0.25, 0.3) is 0 Å². The van der Waals surface area contributed by atoms with Crippen molar-refractivity contribution in [1.29, 1.82) is 0 Å². The molecule has 4 heteroatoms. The maximum absolute atomic E-state index is 10.2. The molecule has 0 aliphatic rings. The van der Waals surface area contributed by atoms with Gasteiger partial charge in [0.1, 0.15) is 0 Å². The summed E-state index contributed by atoms with van der Waals surface area (Å²) < 4.78 is 0. The molecule has 0 aliphatic heterocycles. The van der Waals surface area contributed by atoms with Crippen molar-refractivity contribution in [1.82, 2.24) is 0 Å². The maximum atomic E-state index is 10.2. The van der Waals surface area contributed by atoms with Gasteiger partial charge >= 0.3 is 0 Å². The zero-order valence-corrected chi connectivity index (χ0v) is 11.7. The van der Waals surface area contributed by atoms with Crippen molar-refractivity contribution >= 4 is 34.8 Å². The van der Waals surface area contributed by atoms with Gasteiger partial charge in [0.15, 0.2) is 0 Å². The van der Waals surface area contributed by atoms with E-state index in [0.29, 0.717) is 27.1 Å². The Bertz CT molecular complexity index is 554. The van der Waals surface area contributed by atoms with Crippen LogP contribution in [0, 0.1) is 0 Å². The Morgan fingerprint density at radius 1 is 0.944 bits per heavy atom. The van der Waals surface area contributed by atoms with Gasteiger partial charge in [-0.15, -0.1) is 0 Å². The fourth-order valence-corrected chi connectivity index (χ4v) is 2.50. The van der Waals surface area contributed by atoms with Crippen molar-refractivity contribution in [2.75, 3.05) is 0 Å². The highest BCUT2D eigenvalue weighted by Gasteiger charge is 2.14. The van der Waals surface area contributed by atoms with Crippen molar-refractivity contribution in [3.63, 3.8) is 0 Å². The summed E-state index contributed by atoms with van der Waals surface area (Å²) in [6, 6.07) is 12.5. The minimum absolute atomic E-state index is 0.418. The second-order valence-electron chi connectivity index (χ2n) is 3.98. The van der Waals surface area contributed by atoms with E-state index in [1.54, 1.807) is 24.3 Å². The second kappa shape index (κ2) is 5.94. The van der Waals surface area contributed by atoms with Crippen LogP contribution in [-0.2, 0) is 6.42 Å². The molecule has 2 aromatic rings. The molecule has 1 unspecified atom stereocenters. The molecule has 2 aromatic carbocycles. The molecule has 1 N–H and O–H groups in total. The molecule has 0 bridgehead atoms. The Morgan fingerprint density at radius 3 is 2.33 bits per heavy atom. The van der Waals surface area contributed by atoms with Gasteiger partial charge in [0.25, 0.3) is 0 Å². The van der Waals surface area contributed by atoms with Crippen LogP contribution in [0.2, 0.25) is 15.1 Å². The minimum atomic E-state index is -0.699. The standard InChI is InChI=1S/C14H11Cl3O/c15-10-5-6-11(13(17)8-10)14(18)7-9-3-1-2-4-12(9)16/h1-6,8,14,18H,7H2. The number of aliphatic hydroxyl groups is 1. The maximum Gasteiger partial charge on any atom is 0.0845 e. The van der Waals surface area contributed by atoms with E-state index in [2.05, 4.69) is 0 Å². The fourth-order valence-electron chi connectivity index (χ4n) is 1.75. The zero-order valence-electron chi connectivity index (χ0n) is 9.41. The summed E-state index contributed by atoms with van der Waals surface area (Å²) in [7, 11) is 0. The van der Waals surface area contributed by atoms with Gasteiger partial charge in [-0.2, -0.15) is 0 Å². The number of hydrogen-bond donors (Lipinski definition) is 1. The predicted molar refractivity (Wildman–Crippen MR) is 76.6 cm³/mol. The van der Waals surface area contributed by atoms with Crippen LogP contribution in [0.5, 0.6) is 0 Å². The predicted octanol–water partition coefficient (Wildman–Crippen LogP) is 4.92. The third kappa shape index (κ3) is 3.18. The number of rotatable bonds is 3. The van der Waals surface area contributed by atoms with Crippen LogP contribution in [-0.4, -0.2) is 5.11 Å². The molecule has 0 saturated heterocycles. The first-order valence-corrected chi connectivity index (χ1v) is 6.57. The lowest BCUT2D eigenvalue weighted by atomic mass is 10.0. The summed E-state index contributed by atoms with van der Waals surface area (Å²) in [6.45, 7) is 0. The SMILES string of the molecule is OC(Cc1ccccc1Cl)c1ccc(Cl)cc1Cl. The van der Waals surface area contributed by atoms with Crippen molar-refractivity contribution in [2.45, 2.75) is 12.5 Å². The Labute approximate surface area is 121 Å². The van der Waals surface area contributed by atoms with Crippen molar-refractivity contribution in [3.05, 3.63) is 68.7 Å². The molecule has 0 fully saturated rings. The summed E-state index contributed by atoms with van der Waals surface area (Å²) >= 11 is 17.9. The molecule has 94 valence electrons. The van der Waals surface area contributed by atoms with E-state index in [1.807, 2.05) is 18.2 Å². The molecule has 0 radical (unpaired) electrons. The lowest BCUT2D eigenvalue weighted by Crippen LogP contribution is -2.03. The Balaban J connectivity index is 2.22. The molecule has 0 aliphatic carbocycles. The van der Waals surface area contributed by atoms with E-state index in [1.165, 1.54) is 0 Å². The van der Waals surface area contributed by atoms with Crippen LogP contribution in [0.4, 0.5) is 0 Å². The normalized spacial score (nSPS) is 12.4. The van der Waals surface area contributed by atoms with E-state index in [0.717, 1.165) is 5.56 Å². The first kappa shape index (κ1) is 13.7. The van der Waals surface area contributed by atoms with Gasteiger partial charge in [-0.1, -0.05) is 59.1 Å². The highest BCUT2D eigenvalue weighted by Crippen LogP contribution is 2.29. The quantitative estimate of drug-likeness (QED) is 0.853. The Kier molecular flexibility index (Phi) is 4.52. The first-order chi connectivity index (χ1) is 8.58. The molecular formula is C14H11Cl3O. The molecule has 18 heavy (non-hydrogen) atoms. The third-order valence-electron chi connectivity index (χ3n) is 2.69. The van der Waals surface area contributed by atoms with Crippen molar-refractivity contribution < 1.29 is 5.11 Å². The monoisotopic (exact) mass is 300 g/mol. The van der Waals surface area contributed by atoms with E-state index in [-0.39, 0.29) is 0 Å². The smallest absolute Gasteiger partial charge is 0.0845 e. The molecule has 2 rings (SSSR count). The summed E-state index contributed by atoms with van der Waals surface area (Å²) in [5.74, 6) is 0. The molecule has 1 nitrogen and oxygen atoms in total. The summed E-state index contributed by atoms with van der Waals surface area (Å²) in [5.41, 5.74) is 1.54. The molecule has 1 atom stereocenters. The third-order valence-corrected chi connectivity index (χ3v) is 3.62. The fraction of sp³-hybridized carbons (Fsp3) is 0.143. The van der Waals surface area contributed by atoms with Crippen LogP contribution >= 0.6 is 34.8 Å². The summed E-state index contributed by atoms with van der Waals surface area (Å²) in [5, 5.41) is 11.8. The topological polar surface area (TPSA) is 20.2 Å². The lowest BCUT2D eigenvalue weighted by molar-refractivity contribution is 0.178. The average Bonchev–Trinajstić information content (AvgIpc) is 2.32. The highest BCUT2D eigenvalue weighted by atomic mass is 35.5. The van der Waals surface area contributed by atoms with Gasteiger partial charge in [0, 0.05) is 21.5 Å². The molecule has 0 heterocycles. The summed E-state index contributed by atoms with van der Waals surface area (Å²) in [6.07, 6.45) is -0.282. The Morgan fingerprint density at radius 2 is 1.67 bits per heavy atom. The van der Waals surface area contributed by atoms with Crippen LogP contribution in [0.3, 0.4) is 0 Å². The van der Waals surface area contributed by atoms with Gasteiger partial charge in [-0.05, 0) is 29.3 Å². The van der Waals surface area contributed by atoms with Crippen LogP contribution < -0.4 is 0 Å². The van der Waals surface area contributed by atoms with Gasteiger partial charge in [-0.3, -0.25) is 0 Å². The van der Waals surface area contributed by atoms with E-state index in [4.69, 9.17) is 34.8 Å². The average molecular weight is 302 g/mol. The van der Waals surface area contributed by atoms with Crippen LogP contribution in [0.1, 0.15) is 17.2 Å². The summed E-state index contributed by atoms with van der Waals surface area (Å²) in [4.78, 5) is 0. The number of hydrogen-bond acceptors (Lipinski definition) is 1. The largest absolute Gasteiger partial charge is 0.388 e. The molecule has 0 saturated carbocycles. The molecule has 0 amide bonds. The van der Waals surface area contributed by atoms with Gasteiger partial charge in [0.2, 0.25) is 0 Å². The number of benzene rings is 2. The lowest BCUT2D eigenvalue weighted by Gasteiger charge is -2.14. The van der Waals surface area contributed by atoms with Crippen molar-refractivity contribution in [2.24, 2.45) is 0 Å². The Hall–Kier alpha value is -0.730. The van der Waals surface area contributed by atoms with Crippen molar-refractivity contribution in [3.8, 4) is 0 Å². The molecular weight excluding hydrogens is 291 g/mol. The zero-order chi connectivity index (χ0) is 13.1. The van der Waals surface area contributed by atoms with E-state index in [9.17, 15) is 5.11 Å². The first-order valence-electron chi connectivity index (χ1n) is 5.44. The number of aliphatic hydroxyl groups excluding tert-OH is 1. The second-order valence-corrected chi connectivity index (χ2v) is 5.23. The van der Waals surface area contributed by atoms with E-state index < -0.39 is 6.10 Å². The number of halogens is 3. The molecule has 0 spiro atoms. The van der Waals surface area contributed by atoms with Gasteiger partial charge < -0.3 is 5.11 Å². The molecule has 0 aromatic heterocycles. The van der Waals surface area contributed by atoms with Gasteiger partial charge in [0.05, 0.1) is 6.10 Å². The highest BCUT2D eigenvalue weighted by molar-refractivity contribution is 6.35.